The topological polar surface area (TPSA) is 76.0 Å². The molecule has 0 saturated carbocycles. The zero-order valence-corrected chi connectivity index (χ0v) is 16.3. The SMILES string of the molecule is CCNCCNC(=O)c1sc2nc3n(c(=O)c2c1C)CCCCC3.Cl. The maximum Gasteiger partial charge on any atom is 0.262 e. The van der Waals surface area contributed by atoms with Gasteiger partial charge in [-0.15, -0.1) is 23.7 Å². The zero-order valence-electron chi connectivity index (χ0n) is 14.7. The second-order valence-electron chi connectivity index (χ2n) is 6.14. The summed E-state index contributed by atoms with van der Waals surface area (Å²) in [5.41, 5.74) is 0.769. The molecule has 0 aliphatic carbocycles. The quantitative estimate of drug-likeness (QED) is 0.775. The summed E-state index contributed by atoms with van der Waals surface area (Å²) in [6.07, 6.45) is 4.06. The Hall–Kier alpha value is -1.44. The lowest BCUT2D eigenvalue weighted by atomic mass is 10.2. The maximum absolute atomic E-state index is 12.9. The zero-order chi connectivity index (χ0) is 17.1. The first-order valence-corrected chi connectivity index (χ1v) is 9.46. The van der Waals surface area contributed by atoms with Gasteiger partial charge < -0.3 is 10.6 Å². The Balaban J connectivity index is 0.00000225. The average molecular weight is 385 g/mol. The predicted octanol–water partition coefficient (Wildman–Crippen LogP) is 2.25. The summed E-state index contributed by atoms with van der Waals surface area (Å²) < 4.78 is 1.81. The lowest BCUT2D eigenvalue weighted by molar-refractivity contribution is 0.0957. The lowest BCUT2D eigenvalue weighted by Gasteiger charge is -2.08. The Morgan fingerprint density at radius 3 is 2.84 bits per heavy atom. The molecule has 0 aromatic carbocycles. The number of aromatic nitrogens is 2. The van der Waals surface area contributed by atoms with Crippen LogP contribution in [0.3, 0.4) is 0 Å². The number of thiophene rings is 1. The van der Waals surface area contributed by atoms with Crippen LogP contribution in [0.1, 0.15) is 47.2 Å². The van der Waals surface area contributed by atoms with E-state index < -0.39 is 0 Å². The van der Waals surface area contributed by atoms with Crippen LogP contribution in [0.15, 0.2) is 4.79 Å². The van der Waals surface area contributed by atoms with Crippen LogP contribution in [0.2, 0.25) is 0 Å². The third-order valence-electron chi connectivity index (χ3n) is 4.46. The number of nitrogens with zero attached hydrogens (tertiary/aromatic N) is 2. The molecule has 1 aliphatic rings. The number of rotatable bonds is 5. The highest BCUT2D eigenvalue weighted by Gasteiger charge is 2.21. The molecule has 3 rings (SSSR count). The monoisotopic (exact) mass is 384 g/mol. The van der Waals surface area contributed by atoms with E-state index in [1.807, 2.05) is 18.4 Å². The van der Waals surface area contributed by atoms with Crippen molar-refractivity contribution in [2.45, 2.75) is 46.1 Å². The number of carbonyl (C=O) groups is 1. The van der Waals surface area contributed by atoms with E-state index in [4.69, 9.17) is 4.98 Å². The molecule has 25 heavy (non-hydrogen) atoms. The molecule has 0 spiro atoms. The van der Waals surface area contributed by atoms with Crippen molar-refractivity contribution < 1.29 is 4.79 Å². The molecule has 1 aliphatic heterocycles. The molecule has 0 unspecified atom stereocenters. The summed E-state index contributed by atoms with van der Waals surface area (Å²) in [4.78, 5) is 31.3. The van der Waals surface area contributed by atoms with Gasteiger partial charge in [-0.3, -0.25) is 14.2 Å². The second kappa shape index (κ2) is 8.78. The Morgan fingerprint density at radius 2 is 2.08 bits per heavy atom. The Morgan fingerprint density at radius 1 is 1.28 bits per heavy atom. The van der Waals surface area contributed by atoms with Gasteiger partial charge in [0, 0.05) is 26.1 Å². The summed E-state index contributed by atoms with van der Waals surface area (Å²) >= 11 is 1.33. The summed E-state index contributed by atoms with van der Waals surface area (Å²) in [5.74, 6) is 0.748. The molecular weight excluding hydrogens is 360 g/mol. The average Bonchev–Trinajstić information content (AvgIpc) is 2.74. The number of nitrogens with one attached hydrogen (secondary N) is 2. The van der Waals surface area contributed by atoms with Gasteiger partial charge in [0.1, 0.15) is 10.7 Å². The molecule has 0 bridgehead atoms. The predicted molar refractivity (Wildman–Crippen MR) is 104 cm³/mol. The molecule has 6 nitrogen and oxygen atoms in total. The number of amides is 1. The van der Waals surface area contributed by atoms with Crippen LogP contribution in [0.25, 0.3) is 10.2 Å². The molecule has 2 aromatic rings. The summed E-state index contributed by atoms with van der Waals surface area (Å²) in [7, 11) is 0. The van der Waals surface area contributed by atoms with Crippen molar-refractivity contribution >= 4 is 39.9 Å². The van der Waals surface area contributed by atoms with Crippen LogP contribution in [0, 0.1) is 6.92 Å². The number of halogens is 1. The van der Waals surface area contributed by atoms with Gasteiger partial charge in [0.25, 0.3) is 11.5 Å². The van der Waals surface area contributed by atoms with Gasteiger partial charge in [-0.2, -0.15) is 0 Å². The van der Waals surface area contributed by atoms with Gasteiger partial charge in [0.05, 0.1) is 10.3 Å². The lowest BCUT2D eigenvalue weighted by Crippen LogP contribution is -2.31. The minimum absolute atomic E-state index is 0. The highest BCUT2D eigenvalue weighted by Crippen LogP contribution is 2.28. The molecule has 0 radical (unpaired) electrons. The number of hydrogen-bond donors (Lipinski definition) is 2. The molecule has 0 atom stereocenters. The number of likely N-dealkylation sites (N-methyl/N-ethyl adjacent to an activating group) is 1. The normalized spacial score (nSPS) is 13.8. The smallest absolute Gasteiger partial charge is 0.262 e. The van der Waals surface area contributed by atoms with E-state index in [-0.39, 0.29) is 23.9 Å². The van der Waals surface area contributed by atoms with Gasteiger partial charge >= 0.3 is 0 Å². The number of hydrogen-bond acceptors (Lipinski definition) is 5. The van der Waals surface area contributed by atoms with Crippen LogP contribution in [0.5, 0.6) is 0 Å². The van der Waals surface area contributed by atoms with Crippen molar-refractivity contribution in [1.29, 1.82) is 0 Å². The molecule has 3 heterocycles. The van der Waals surface area contributed by atoms with Crippen LogP contribution in [-0.4, -0.2) is 35.1 Å². The highest BCUT2D eigenvalue weighted by molar-refractivity contribution is 7.20. The number of aryl methyl sites for hydroxylation is 2. The van der Waals surface area contributed by atoms with Crippen molar-refractivity contribution in [1.82, 2.24) is 20.2 Å². The molecule has 2 N–H and O–H groups in total. The molecular formula is C17H25ClN4O2S. The van der Waals surface area contributed by atoms with Crippen molar-refractivity contribution in [2.75, 3.05) is 19.6 Å². The first-order chi connectivity index (χ1) is 11.6. The van der Waals surface area contributed by atoms with Crippen molar-refractivity contribution in [2.24, 2.45) is 0 Å². The van der Waals surface area contributed by atoms with E-state index in [9.17, 15) is 9.59 Å². The summed E-state index contributed by atoms with van der Waals surface area (Å²) in [6.45, 7) is 6.80. The molecule has 0 saturated heterocycles. The standard InChI is InChI=1S/C17H24N4O2S.ClH/c1-3-18-8-9-19-15(22)14-11(2)13-16(24-14)20-12-7-5-4-6-10-21(12)17(13)23;/h18H,3-10H2,1-2H3,(H,19,22);1H. The first kappa shape index (κ1) is 19.9. The fraction of sp³-hybridized carbons (Fsp3) is 0.588. The van der Waals surface area contributed by atoms with Crippen molar-refractivity contribution in [3.8, 4) is 0 Å². The van der Waals surface area contributed by atoms with E-state index in [1.54, 1.807) is 0 Å². The Bertz CT molecular complexity index is 815. The first-order valence-electron chi connectivity index (χ1n) is 8.65. The van der Waals surface area contributed by atoms with Crippen LogP contribution >= 0.6 is 23.7 Å². The van der Waals surface area contributed by atoms with Gasteiger partial charge in [-0.1, -0.05) is 13.3 Å². The van der Waals surface area contributed by atoms with Gasteiger partial charge in [-0.05, 0) is 31.9 Å². The maximum atomic E-state index is 12.9. The van der Waals surface area contributed by atoms with Crippen LogP contribution < -0.4 is 16.2 Å². The largest absolute Gasteiger partial charge is 0.350 e. The number of carbonyl (C=O) groups excluding carboxylic acids is 1. The van der Waals surface area contributed by atoms with Crippen LogP contribution in [0.4, 0.5) is 0 Å². The summed E-state index contributed by atoms with van der Waals surface area (Å²) in [5, 5.41) is 6.69. The van der Waals surface area contributed by atoms with Crippen LogP contribution in [-0.2, 0) is 13.0 Å². The third kappa shape index (κ3) is 4.04. The van der Waals surface area contributed by atoms with Crippen molar-refractivity contribution in [3.05, 3.63) is 26.6 Å². The minimum Gasteiger partial charge on any atom is -0.350 e. The third-order valence-corrected chi connectivity index (χ3v) is 5.64. The Labute approximate surface area is 157 Å². The molecule has 1 amide bonds. The number of fused-ring (bicyclic) bond motifs is 2. The highest BCUT2D eigenvalue weighted by atomic mass is 35.5. The minimum atomic E-state index is -0.118. The van der Waals surface area contributed by atoms with Gasteiger partial charge in [0.15, 0.2) is 0 Å². The molecule has 2 aromatic heterocycles. The second-order valence-corrected chi connectivity index (χ2v) is 7.14. The van der Waals surface area contributed by atoms with E-state index in [2.05, 4.69) is 10.6 Å². The fourth-order valence-electron chi connectivity index (χ4n) is 3.15. The van der Waals surface area contributed by atoms with E-state index in [1.165, 1.54) is 11.3 Å². The van der Waals surface area contributed by atoms with E-state index >= 15 is 0 Å². The van der Waals surface area contributed by atoms with Gasteiger partial charge in [-0.25, -0.2) is 4.98 Å². The fourth-order valence-corrected chi connectivity index (χ4v) is 4.25. The Kier molecular flexibility index (Phi) is 6.98. The van der Waals surface area contributed by atoms with E-state index in [0.717, 1.165) is 56.7 Å². The molecule has 0 fully saturated rings. The molecule has 138 valence electrons. The summed E-state index contributed by atoms with van der Waals surface area (Å²) in [6, 6.07) is 0. The van der Waals surface area contributed by atoms with E-state index in [0.29, 0.717) is 21.6 Å². The van der Waals surface area contributed by atoms with Crippen molar-refractivity contribution in [3.63, 3.8) is 0 Å². The van der Waals surface area contributed by atoms with Gasteiger partial charge in [0.2, 0.25) is 0 Å². The molecule has 8 heteroatoms.